The summed E-state index contributed by atoms with van der Waals surface area (Å²) in [6.07, 6.45) is 0.0313. The number of carbonyl (C=O) groups excluding carboxylic acids is 1. The van der Waals surface area contributed by atoms with Crippen LogP contribution in [0.25, 0.3) is 0 Å². The number of nitrogens with zero attached hydrogens (tertiary/aromatic N) is 1. The second-order valence-electron chi connectivity index (χ2n) is 4.18. The molecule has 2 atom stereocenters. The van der Waals surface area contributed by atoms with E-state index in [9.17, 15) is 4.79 Å². The van der Waals surface area contributed by atoms with Crippen LogP contribution in [-0.2, 0) is 4.74 Å². The molecule has 0 radical (unpaired) electrons. The Morgan fingerprint density at radius 3 is 3.06 bits per heavy atom. The summed E-state index contributed by atoms with van der Waals surface area (Å²) in [5.74, 6) is -0.149. The molecule has 1 saturated heterocycles. The second kappa shape index (κ2) is 5.25. The van der Waals surface area contributed by atoms with Crippen molar-refractivity contribution < 1.29 is 9.53 Å². The van der Waals surface area contributed by atoms with Crippen LogP contribution < -0.4 is 10.6 Å². The average molecular weight is 235 g/mol. The molecule has 5 heteroatoms. The van der Waals surface area contributed by atoms with Gasteiger partial charge in [0.05, 0.1) is 12.1 Å². The van der Waals surface area contributed by atoms with E-state index >= 15 is 0 Å². The van der Waals surface area contributed by atoms with Crippen molar-refractivity contribution in [2.45, 2.75) is 19.1 Å². The number of rotatable bonds is 3. The van der Waals surface area contributed by atoms with E-state index in [1.165, 1.54) is 0 Å². The predicted molar refractivity (Wildman–Crippen MR) is 63.9 cm³/mol. The summed E-state index contributed by atoms with van der Waals surface area (Å²) in [7, 11) is 1.65. The number of nitrogens with one attached hydrogen (secondary N) is 2. The van der Waals surface area contributed by atoms with E-state index in [4.69, 9.17) is 4.74 Å². The van der Waals surface area contributed by atoms with E-state index in [1.807, 2.05) is 19.1 Å². The van der Waals surface area contributed by atoms with Gasteiger partial charge in [0.15, 0.2) is 0 Å². The highest BCUT2D eigenvalue weighted by Gasteiger charge is 2.28. The van der Waals surface area contributed by atoms with Crippen LogP contribution in [0.15, 0.2) is 18.2 Å². The van der Waals surface area contributed by atoms with E-state index in [0.717, 1.165) is 18.8 Å². The minimum Gasteiger partial charge on any atom is -0.378 e. The first-order valence-corrected chi connectivity index (χ1v) is 5.68. The van der Waals surface area contributed by atoms with Crippen LogP contribution in [0.2, 0.25) is 0 Å². The number of aryl methyl sites for hydroxylation is 1. The van der Waals surface area contributed by atoms with Gasteiger partial charge < -0.3 is 15.4 Å². The molecule has 92 valence electrons. The van der Waals surface area contributed by atoms with Gasteiger partial charge in [0.25, 0.3) is 5.91 Å². The van der Waals surface area contributed by atoms with Gasteiger partial charge in [-0.05, 0) is 19.1 Å². The summed E-state index contributed by atoms with van der Waals surface area (Å²) in [5.41, 5.74) is 1.29. The van der Waals surface area contributed by atoms with Crippen molar-refractivity contribution in [2.24, 2.45) is 0 Å². The molecule has 2 heterocycles. The Kier molecular flexibility index (Phi) is 3.71. The van der Waals surface area contributed by atoms with E-state index in [2.05, 4.69) is 15.6 Å². The molecule has 0 bridgehead atoms. The van der Waals surface area contributed by atoms with Gasteiger partial charge in [0.1, 0.15) is 5.69 Å². The normalized spacial score (nSPS) is 23.6. The molecule has 1 fully saturated rings. The lowest BCUT2D eigenvalue weighted by Crippen LogP contribution is -2.43. The third kappa shape index (κ3) is 2.81. The van der Waals surface area contributed by atoms with Crippen LogP contribution in [0.4, 0.5) is 0 Å². The number of pyridine rings is 1. The maximum Gasteiger partial charge on any atom is 0.270 e. The lowest BCUT2D eigenvalue weighted by Gasteiger charge is -2.18. The fourth-order valence-electron chi connectivity index (χ4n) is 1.96. The van der Waals surface area contributed by atoms with Gasteiger partial charge in [-0.25, -0.2) is 4.98 Å². The van der Waals surface area contributed by atoms with Crippen LogP contribution in [0.5, 0.6) is 0 Å². The molecule has 1 unspecified atom stereocenters. The Bertz CT molecular complexity index is 408. The second-order valence-corrected chi connectivity index (χ2v) is 4.18. The number of hydrogen-bond acceptors (Lipinski definition) is 4. The first kappa shape index (κ1) is 12.0. The summed E-state index contributed by atoms with van der Waals surface area (Å²) >= 11 is 0. The predicted octanol–water partition coefficient (Wildman–Crippen LogP) is 0.107. The molecule has 2 rings (SSSR count). The molecule has 0 aliphatic carbocycles. The van der Waals surface area contributed by atoms with Crippen LogP contribution in [0.1, 0.15) is 16.2 Å². The van der Waals surface area contributed by atoms with Crippen molar-refractivity contribution in [2.75, 3.05) is 20.2 Å². The fraction of sp³-hybridized carbons (Fsp3) is 0.500. The first-order valence-electron chi connectivity index (χ1n) is 5.68. The van der Waals surface area contributed by atoms with E-state index < -0.39 is 0 Å². The molecule has 1 aliphatic rings. The lowest BCUT2D eigenvalue weighted by molar-refractivity contribution is 0.0776. The van der Waals surface area contributed by atoms with Crippen molar-refractivity contribution in [3.8, 4) is 0 Å². The Hall–Kier alpha value is -1.46. The van der Waals surface area contributed by atoms with Gasteiger partial charge in [-0.15, -0.1) is 0 Å². The molecule has 0 aromatic carbocycles. The fourth-order valence-corrected chi connectivity index (χ4v) is 1.96. The third-order valence-corrected chi connectivity index (χ3v) is 2.90. The van der Waals surface area contributed by atoms with Crippen molar-refractivity contribution in [1.29, 1.82) is 0 Å². The summed E-state index contributed by atoms with van der Waals surface area (Å²) in [6.45, 7) is 3.37. The summed E-state index contributed by atoms with van der Waals surface area (Å²) in [6, 6.07) is 5.42. The Balaban J connectivity index is 2.01. The van der Waals surface area contributed by atoms with Crippen molar-refractivity contribution in [3.05, 3.63) is 29.6 Å². The summed E-state index contributed by atoms with van der Waals surface area (Å²) in [5, 5.41) is 6.12. The van der Waals surface area contributed by atoms with Gasteiger partial charge >= 0.3 is 0 Å². The van der Waals surface area contributed by atoms with E-state index in [-0.39, 0.29) is 18.1 Å². The van der Waals surface area contributed by atoms with Crippen LogP contribution in [0, 0.1) is 6.92 Å². The zero-order valence-corrected chi connectivity index (χ0v) is 10.1. The van der Waals surface area contributed by atoms with Crippen molar-refractivity contribution in [3.63, 3.8) is 0 Å². The molecule has 1 aliphatic heterocycles. The largest absolute Gasteiger partial charge is 0.378 e. The Morgan fingerprint density at radius 2 is 2.35 bits per heavy atom. The highest BCUT2D eigenvalue weighted by atomic mass is 16.5. The summed E-state index contributed by atoms with van der Waals surface area (Å²) < 4.78 is 5.29. The lowest BCUT2D eigenvalue weighted by atomic mass is 10.2. The molecule has 2 N–H and O–H groups in total. The number of aromatic nitrogens is 1. The summed E-state index contributed by atoms with van der Waals surface area (Å²) in [4.78, 5) is 16.2. The molecule has 0 spiro atoms. The molecule has 1 aromatic heterocycles. The molecule has 17 heavy (non-hydrogen) atoms. The average Bonchev–Trinajstić information content (AvgIpc) is 2.76. The Morgan fingerprint density at radius 1 is 1.53 bits per heavy atom. The van der Waals surface area contributed by atoms with Gasteiger partial charge in [-0.3, -0.25) is 4.79 Å². The molecular weight excluding hydrogens is 218 g/mol. The number of carbonyl (C=O) groups is 1. The van der Waals surface area contributed by atoms with Gasteiger partial charge in [0.2, 0.25) is 0 Å². The quantitative estimate of drug-likeness (QED) is 0.780. The van der Waals surface area contributed by atoms with Crippen LogP contribution in [-0.4, -0.2) is 43.2 Å². The highest BCUT2D eigenvalue weighted by Crippen LogP contribution is 2.05. The number of methoxy groups -OCH3 is 1. The molecule has 1 aromatic rings. The minimum absolute atomic E-state index is 0.00909. The van der Waals surface area contributed by atoms with Crippen LogP contribution >= 0.6 is 0 Å². The van der Waals surface area contributed by atoms with Crippen LogP contribution in [0.3, 0.4) is 0 Å². The maximum absolute atomic E-state index is 12.0. The number of ether oxygens (including phenoxy) is 1. The monoisotopic (exact) mass is 235 g/mol. The Labute approximate surface area is 101 Å². The zero-order chi connectivity index (χ0) is 12.3. The maximum atomic E-state index is 12.0. The highest BCUT2D eigenvalue weighted by molar-refractivity contribution is 5.92. The topological polar surface area (TPSA) is 63.2 Å². The SMILES string of the molecule is CO[C@H]1CNCC1NC(=O)c1cccc(C)n1. The van der Waals surface area contributed by atoms with Gasteiger partial charge in [-0.1, -0.05) is 6.07 Å². The van der Waals surface area contributed by atoms with Gasteiger partial charge in [0, 0.05) is 25.9 Å². The third-order valence-electron chi connectivity index (χ3n) is 2.90. The number of amides is 1. The zero-order valence-electron chi connectivity index (χ0n) is 10.1. The first-order chi connectivity index (χ1) is 8.20. The number of hydrogen-bond donors (Lipinski definition) is 2. The molecular formula is C12H17N3O2. The minimum atomic E-state index is -0.149. The van der Waals surface area contributed by atoms with Crippen molar-refractivity contribution >= 4 is 5.91 Å². The standard InChI is InChI=1S/C12H17N3O2/c1-8-4-3-5-9(14-8)12(16)15-10-6-13-7-11(10)17-2/h3-5,10-11,13H,6-7H2,1-2H3,(H,15,16)/t10?,11-/m0/s1. The molecule has 5 nitrogen and oxygen atoms in total. The van der Waals surface area contributed by atoms with Gasteiger partial charge in [-0.2, -0.15) is 0 Å². The van der Waals surface area contributed by atoms with E-state index in [0.29, 0.717) is 5.69 Å². The molecule has 1 amide bonds. The smallest absolute Gasteiger partial charge is 0.270 e. The van der Waals surface area contributed by atoms with E-state index in [1.54, 1.807) is 13.2 Å². The molecule has 0 saturated carbocycles. The van der Waals surface area contributed by atoms with Crippen molar-refractivity contribution in [1.82, 2.24) is 15.6 Å².